The van der Waals surface area contributed by atoms with Gasteiger partial charge >= 0.3 is 6.03 Å². The van der Waals surface area contributed by atoms with Gasteiger partial charge in [-0.15, -0.1) is 0 Å². The van der Waals surface area contributed by atoms with Gasteiger partial charge in [-0.25, -0.2) is 4.79 Å². The molecule has 1 N–H and O–H groups in total. The SMILES string of the molecule is O=C1NC(=O)N(C2CCCCC2)C(=O)/C1=C/c1ccc(I)o1. The highest BCUT2D eigenvalue weighted by atomic mass is 127. The van der Waals surface area contributed by atoms with Gasteiger partial charge in [0.15, 0.2) is 3.77 Å². The van der Waals surface area contributed by atoms with E-state index in [0.717, 1.165) is 32.1 Å². The molecule has 1 aliphatic carbocycles. The van der Waals surface area contributed by atoms with Crippen molar-refractivity contribution in [2.24, 2.45) is 0 Å². The molecule has 6 nitrogen and oxygen atoms in total. The second-order valence-electron chi connectivity index (χ2n) is 5.43. The average molecular weight is 414 g/mol. The summed E-state index contributed by atoms with van der Waals surface area (Å²) in [7, 11) is 0. The summed E-state index contributed by atoms with van der Waals surface area (Å²) in [6, 6.07) is 2.67. The Balaban J connectivity index is 1.90. The fourth-order valence-electron chi connectivity index (χ4n) is 2.89. The quantitative estimate of drug-likeness (QED) is 0.459. The minimum Gasteiger partial charge on any atom is -0.451 e. The number of hydrogen-bond donors (Lipinski definition) is 1. The van der Waals surface area contributed by atoms with Gasteiger partial charge in [-0.3, -0.25) is 19.8 Å². The Morgan fingerprint density at radius 1 is 1.18 bits per heavy atom. The van der Waals surface area contributed by atoms with E-state index >= 15 is 0 Å². The molecule has 0 atom stereocenters. The predicted molar refractivity (Wildman–Crippen MR) is 86.7 cm³/mol. The van der Waals surface area contributed by atoms with Gasteiger partial charge < -0.3 is 4.42 Å². The normalized spacial score (nSPS) is 22.3. The van der Waals surface area contributed by atoms with Crippen molar-refractivity contribution in [2.75, 3.05) is 0 Å². The maximum Gasteiger partial charge on any atom is 0.331 e. The van der Waals surface area contributed by atoms with Crippen LogP contribution in [0.3, 0.4) is 0 Å². The summed E-state index contributed by atoms with van der Waals surface area (Å²) >= 11 is 2.00. The fraction of sp³-hybridized carbons (Fsp3) is 0.400. The van der Waals surface area contributed by atoms with Crippen molar-refractivity contribution in [1.82, 2.24) is 10.2 Å². The Hall–Kier alpha value is -1.64. The van der Waals surface area contributed by atoms with Crippen LogP contribution in [0.25, 0.3) is 6.08 Å². The fourth-order valence-corrected chi connectivity index (χ4v) is 3.32. The predicted octanol–water partition coefficient (Wildman–Crippen LogP) is 2.68. The summed E-state index contributed by atoms with van der Waals surface area (Å²) in [6.45, 7) is 0. The summed E-state index contributed by atoms with van der Waals surface area (Å²) in [5.41, 5.74) is -0.0593. The summed E-state index contributed by atoms with van der Waals surface area (Å²) in [4.78, 5) is 37.8. The van der Waals surface area contributed by atoms with E-state index in [4.69, 9.17) is 4.42 Å². The zero-order valence-corrected chi connectivity index (χ0v) is 14.0. The van der Waals surface area contributed by atoms with Crippen molar-refractivity contribution in [3.8, 4) is 0 Å². The molecule has 1 aromatic rings. The van der Waals surface area contributed by atoms with Crippen LogP contribution in [0.2, 0.25) is 0 Å². The van der Waals surface area contributed by atoms with Gasteiger partial charge in [0.1, 0.15) is 11.3 Å². The number of urea groups is 1. The Labute approximate surface area is 141 Å². The number of rotatable bonds is 2. The van der Waals surface area contributed by atoms with Crippen LogP contribution in [0.5, 0.6) is 0 Å². The van der Waals surface area contributed by atoms with Crippen molar-refractivity contribution in [3.63, 3.8) is 0 Å². The molecule has 0 aromatic carbocycles. The summed E-state index contributed by atoms with van der Waals surface area (Å²) < 4.78 is 6.03. The third-order valence-electron chi connectivity index (χ3n) is 3.95. The van der Waals surface area contributed by atoms with Crippen LogP contribution >= 0.6 is 22.6 Å². The lowest BCUT2D eigenvalue weighted by Gasteiger charge is -2.35. The summed E-state index contributed by atoms with van der Waals surface area (Å²) in [6.07, 6.45) is 6.07. The molecule has 0 radical (unpaired) electrons. The Bertz CT molecular complexity index is 658. The Morgan fingerprint density at radius 2 is 1.91 bits per heavy atom. The molecule has 0 bridgehead atoms. The lowest BCUT2D eigenvalue weighted by molar-refractivity contribution is -0.132. The largest absolute Gasteiger partial charge is 0.451 e. The van der Waals surface area contributed by atoms with Crippen LogP contribution in [0.1, 0.15) is 37.9 Å². The summed E-state index contributed by atoms with van der Waals surface area (Å²) in [5.74, 6) is -0.790. The molecule has 7 heteroatoms. The molecule has 1 saturated heterocycles. The molecule has 1 saturated carbocycles. The lowest BCUT2D eigenvalue weighted by atomic mass is 9.93. The van der Waals surface area contributed by atoms with Gasteiger partial charge in [0.25, 0.3) is 11.8 Å². The zero-order chi connectivity index (χ0) is 15.7. The van der Waals surface area contributed by atoms with Crippen molar-refractivity contribution < 1.29 is 18.8 Å². The number of halogens is 1. The third kappa shape index (κ3) is 2.94. The van der Waals surface area contributed by atoms with Crippen LogP contribution in [0, 0.1) is 3.77 Å². The molecule has 4 amide bonds. The van der Waals surface area contributed by atoms with E-state index in [1.165, 1.54) is 11.0 Å². The summed E-state index contributed by atoms with van der Waals surface area (Å²) in [5, 5.41) is 2.25. The second kappa shape index (κ2) is 6.23. The molecule has 1 aliphatic heterocycles. The maximum absolute atomic E-state index is 12.6. The highest BCUT2D eigenvalue weighted by molar-refractivity contribution is 14.1. The van der Waals surface area contributed by atoms with E-state index in [2.05, 4.69) is 5.32 Å². The van der Waals surface area contributed by atoms with Gasteiger partial charge in [-0.1, -0.05) is 19.3 Å². The van der Waals surface area contributed by atoms with E-state index in [-0.39, 0.29) is 11.6 Å². The maximum atomic E-state index is 12.6. The molecule has 2 fully saturated rings. The number of nitrogens with zero attached hydrogens (tertiary/aromatic N) is 1. The average Bonchev–Trinajstić information content (AvgIpc) is 2.90. The first kappa shape index (κ1) is 15.3. The number of carbonyl (C=O) groups excluding carboxylic acids is 3. The Morgan fingerprint density at radius 3 is 2.55 bits per heavy atom. The van der Waals surface area contributed by atoms with Crippen LogP contribution in [0.4, 0.5) is 4.79 Å². The van der Waals surface area contributed by atoms with Gasteiger partial charge in [-0.05, 0) is 53.6 Å². The van der Waals surface area contributed by atoms with E-state index in [1.54, 1.807) is 12.1 Å². The van der Waals surface area contributed by atoms with Crippen LogP contribution < -0.4 is 5.32 Å². The molecule has 0 spiro atoms. The monoisotopic (exact) mass is 414 g/mol. The number of hydrogen-bond acceptors (Lipinski definition) is 4. The van der Waals surface area contributed by atoms with E-state index in [0.29, 0.717) is 9.53 Å². The highest BCUT2D eigenvalue weighted by Gasteiger charge is 2.40. The topological polar surface area (TPSA) is 79.6 Å². The first-order chi connectivity index (χ1) is 10.6. The molecule has 3 rings (SSSR count). The molecular formula is C15H15IN2O4. The van der Waals surface area contributed by atoms with Crippen molar-refractivity contribution in [1.29, 1.82) is 0 Å². The van der Waals surface area contributed by atoms with Crippen LogP contribution in [-0.2, 0) is 9.59 Å². The van der Waals surface area contributed by atoms with E-state index < -0.39 is 17.8 Å². The lowest BCUT2D eigenvalue weighted by Crippen LogP contribution is -2.58. The number of amides is 4. The first-order valence-electron chi connectivity index (χ1n) is 7.22. The number of barbiturate groups is 1. The molecular weight excluding hydrogens is 399 g/mol. The molecule has 2 aliphatic rings. The number of imide groups is 2. The van der Waals surface area contributed by atoms with E-state index in [1.807, 2.05) is 22.6 Å². The molecule has 22 heavy (non-hydrogen) atoms. The molecule has 116 valence electrons. The van der Waals surface area contributed by atoms with Gasteiger partial charge in [-0.2, -0.15) is 0 Å². The second-order valence-corrected chi connectivity index (χ2v) is 6.49. The first-order valence-corrected chi connectivity index (χ1v) is 8.30. The van der Waals surface area contributed by atoms with Crippen molar-refractivity contribution >= 4 is 46.5 Å². The van der Waals surface area contributed by atoms with E-state index in [9.17, 15) is 14.4 Å². The highest BCUT2D eigenvalue weighted by Crippen LogP contribution is 2.26. The van der Waals surface area contributed by atoms with Gasteiger partial charge in [0.05, 0.1) is 0 Å². The zero-order valence-electron chi connectivity index (χ0n) is 11.8. The molecule has 1 aromatic heterocycles. The van der Waals surface area contributed by atoms with Gasteiger partial charge in [0, 0.05) is 6.04 Å². The van der Waals surface area contributed by atoms with Crippen LogP contribution in [-0.4, -0.2) is 28.8 Å². The number of furan rings is 1. The molecule has 2 heterocycles. The minimum absolute atomic E-state index is 0.0593. The number of carbonyl (C=O) groups is 3. The van der Waals surface area contributed by atoms with Crippen molar-refractivity contribution in [2.45, 2.75) is 38.1 Å². The van der Waals surface area contributed by atoms with Crippen LogP contribution in [0.15, 0.2) is 22.1 Å². The minimum atomic E-state index is -0.673. The van der Waals surface area contributed by atoms with Crippen molar-refractivity contribution in [3.05, 3.63) is 27.2 Å². The Kier molecular flexibility index (Phi) is 4.32. The standard InChI is InChI=1S/C15H15IN2O4/c16-12-7-6-10(22-12)8-11-13(19)17-15(21)18(14(11)20)9-4-2-1-3-5-9/h6-9H,1-5H2,(H,17,19,21)/b11-8+. The number of nitrogens with one attached hydrogen (secondary N) is 1. The third-order valence-corrected chi connectivity index (χ3v) is 4.53. The smallest absolute Gasteiger partial charge is 0.331 e. The van der Waals surface area contributed by atoms with Gasteiger partial charge in [0.2, 0.25) is 0 Å². The molecule has 0 unspecified atom stereocenters.